The molecule has 3 N–H and O–H groups in total. The van der Waals surface area contributed by atoms with Gasteiger partial charge in [0.25, 0.3) is 0 Å². The zero-order chi connectivity index (χ0) is 10.1. The Bertz CT molecular complexity index is 313. The second-order valence-corrected chi connectivity index (χ2v) is 4.44. The lowest BCUT2D eigenvalue weighted by Crippen LogP contribution is -2.36. The molecule has 1 aromatic carbocycles. The number of nitrogen functional groups attached to an aromatic ring is 1. The minimum atomic E-state index is 0.649. The van der Waals surface area contributed by atoms with Crippen LogP contribution in [-0.4, -0.2) is 6.04 Å². The van der Waals surface area contributed by atoms with Gasteiger partial charge in [0.15, 0.2) is 0 Å². The van der Waals surface area contributed by atoms with Gasteiger partial charge in [0.1, 0.15) is 0 Å². The van der Waals surface area contributed by atoms with Crippen molar-refractivity contribution in [3.8, 4) is 0 Å². The molecule has 0 bridgehead atoms. The summed E-state index contributed by atoms with van der Waals surface area (Å²) in [7, 11) is 0. The molecule has 14 heavy (non-hydrogen) atoms. The number of hydrogen-bond acceptors (Lipinski definition) is 2. The summed E-state index contributed by atoms with van der Waals surface area (Å²) in [5.41, 5.74) is 9.02. The Kier molecular flexibility index (Phi) is 2.36. The highest BCUT2D eigenvalue weighted by Gasteiger charge is 2.26. The summed E-state index contributed by atoms with van der Waals surface area (Å²) in [6, 6.07) is 6.81. The molecule has 0 saturated heterocycles. The average Bonchev–Trinajstić information content (AvgIpc) is 2.10. The van der Waals surface area contributed by atoms with Gasteiger partial charge in [0.05, 0.1) is 0 Å². The molecule has 1 fully saturated rings. The summed E-state index contributed by atoms with van der Waals surface area (Å²) in [6.07, 6.45) is 2.63. The zero-order valence-corrected chi connectivity index (χ0v) is 8.88. The van der Waals surface area contributed by atoms with Gasteiger partial charge in [0, 0.05) is 17.4 Å². The van der Waals surface area contributed by atoms with E-state index in [4.69, 9.17) is 5.73 Å². The highest BCUT2D eigenvalue weighted by Crippen LogP contribution is 2.30. The van der Waals surface area contributed by atoms with Crippen LogP contribution in [0.2, 0.25) is 0 Å². The Morgan fingerprint density at radius 3 is 2.57 bits per heavy atom. The number of anilines is 2. The van der Waals surface area contributed by atoms with E-state index in [-0.39, 0.29) is 0 Å². The van der Waals surface area contributed by atoms with Crippen LogP contribution in [0.5, 0.6) is 0 Å². The molecule has 1 aliphatic rings. The number of benzene rings is 1. The number of aryl methyl sites for hydroxylation is 1. The van der Waals surface area contributed by atoms with E-state index >= 15 is 0 Å². The zero-order valence-electron chi connectivity index (χ0n) is 8.88. The Hall–Kier alpha value is -1.18. The molecule has 0 radical (unpaired) electrons. The number of nitrogens with two attached hydrogens (primary N) is 1. The number of rotatable bonds is 2. The first-order valence-corrected chi connectivity index (χ1v) is 5.29. The average molecular weight is 190 g/mol. The Labute approximate surface area is 85.5 Å². The Balaban J connectivity index is 2.08. The molecule has 0 spiro atoms. The van der Waals surface area contributed by atoms with E-state index in [1.54, 1.807) is 0 Å². The number of nitrogens with one attached hydrogen (secondary N) is 1. The van der Waals surface area contributed by atoms with E-state index in [1.807, 2.05) is 12.1 Å². The molecule has 2 atom stereocenters. The van der Waals surface area contributed by atoms with Crippen LogP contribution < -0.4 is 11.1 Å². The minimum Gasteiger partial charge on any atom is -0.399 e. The molecule has 2 heteroatoms. The quantitative estimate of drug-likeness (QED) is 0.704. The van der Waals surface area contributed by atoms with Gasteiger partial charge in [-0.25, -0.2) is 0 Å². The molecule has 0 heterocycles. The fourth-order valence-electron chi connectivity index (χ4n) is 1.99. The van der Waals surface area contributed by atoms with Gasteiger partial charge in [-0.3, -0.25) is 0 Å². The van der Waals surface area contributed by atoms with E-state index in [0.717, 1.165) is 11.6 Å². The van der Waals surface area contributed by atoms with E-state index in [0.29, 0.717) is 6.04 Å². The lowest BCUT2D eigenvalue weighted by molar-refractivity contribution is 0.303. The van der Waals surface area contributed by atoms with Gasteiger partial charge in [-0.15, -0.1) is 0 Å². The van der Waals surface area contributed by atoms with Crippen LogP contribution >= 0.6 is 0 Å². The molecule has 1 saturated carbocycles. The van der Waals surface area contributed by atoms with Crippen molar-refractivity contribution in [2.75, 3.05) is 11.1 Å². The maximum Gasteiger partial charge on any atom is 0.0365 e. The third-order valence-electron chi connectivity index (χ3n) is 3.07. The summed E-state index contributed by atoms with van der Waals surface area (Å²) in [4.78, 5) is 0. The lowest BCUT2D eigenvalue weighted by Gasteiger charge is -2.35. The van der Waals surface area contributed by atoms with Crippen molar-refractivity contribution < 1.29 is 0 Å². The standard InChI is InChI=1S/C12H18N2/c1-8-5-10(13)7-11(6-8)14-12-4-3-9(12)2/h5-7,9,12,14H,3-4,13H2,1-2H3. The SMILES string of the molecule is Cc1cc(N)cc(NC2CCC2C)c1. The third kappa shape index (κ3) is 1.84. The van der Waals surface area contributed by atoms with Gasteiger partial charge in [0.2, 0.25) is 0 Å². The lowest BCUT2D eigenvalue weighted by atomic mass is 9.81. The van der Waals surface area contributed by atoms with E-state index in [1.165, 1.54) is 24.1 Å². The largest absolute Gasteiger partial charge is 0.399 e. The van der Waals surface area contributed by atoms with Crippen LogP contribution in [0, 0.1) is 12.8 Å². The van der Waals surface area contributed by atoms with Crippen LogP contribution in [0.1, 0.15) is 25.3 Å². The molecule has 0 aliphatic heterocycles. The molecule has 1 aliphatic carbocycles. The van der Waals surface area contributed by atoms with Crippen molar-refractivity contribution in [3.63, 3.8) is 0 Å². The molecular formula is C12H18N2. The maximum absolute atomic E-state index is 5.79. The van der Waals surface area contributed by atoms with E-state index in [2.05, 4.69) is 25.2 Å². The van der Waals surface area contributed by atoms with Gasteiger partial charge in [-0.1, -0.05) is 6.92 Å². The molecule has 2 rings (SSSR count). The summed E-state index contributed by atoms with van der Waals surface area (Å²) in [5.74, 6) is 0.803. The molecule has 1 aromatic rings. The van der Waals surface area contributed by atoms with Crippen molar-refractivity contribution in [2.45, 2.75) is 32.7 Å². The van der Waals surface area contributed by atoms with Gasteiger partial charge >= 0.3 is 0 Å². The van der Waals surface area contributed by atoms with Gasteiger partial charge < -0.3 is 11.1 Å². The summed E-state index contributed by atoms with van der Waals surface area (Å²) >= 11 is 0. The second kappa shape index (κ2) is 3.52. The molecule has 2 unspecified atom stereocenters. The smallest absolute Gasteiger partial charge is 0.0365 e. The minimum absolute atomic E-state index is 0.649. The van der Waals surface area contributed by atoms with Gasteiger partial charge in [-0.05, 0) is 49.4 Å². The normalized spacial score (nSPS) is 25.6. The van der Waals surface area contributed by atoms with Crippen molar-refractivity contribution in [2.24, 2.45) is 5.92 Å². The van der Waals surface area contributed by atoms with Crippen LogP contribution in [0.4, 0.5) is 11.4 Å². The monoisotopic (exact) mass is 190 g/mol. The van der Waals surface area contributed by atoms with Gasteiger partial charge in [-0.2, -0.15) is 0 Å². The third-order valence-corrected chi connectivity index (χ3v) is 3.07. The summed E-state index contributed by atoms with van der Waals surface area (Å²) < 4.78 is 0. The predicted molar refractivity (Wildman–Crippen MR) is 61.4 cm³/mol. The van der Waals surface area contributed by atoms with E-state index < -0.39 is 0 Å². The molecule has 0 aromatic heterocycles. The molecule has 0 amide bonds. The van der Waals surface area contributed by atoms with Crippen LogP contribution in [0.3, 0.4) is 0 Å². The fourth-order valence-corrected chi connectivity index (χ4v) is 1.99. The van der Waals surface area contributed by atoms with Crippen LogP contribution in [0.25, 0.3) is 0 Å². The van der Waals surface area contributed by atoms with Crippen LogP contribution in [-0.2, 0) is 0 Å². The van der Waals surface area contributed by atoms with Crippen molar-refractivity contribution in [3.05, 3.63) is 23.8 Å². The first kappa shape index (κ1) is 9.38. The topological polar surface area (TPSA) is 38.0 Å². The molecule has 76 valence electrons. The summed E-state index contributed by atoms with van der Waals surface area (Å²) in [6.45, 7) is 4.37. The first-order chi connectivity index (χ1) is 6.65. The fraction of sp³-hybridized carbons (Fsp3) is 0.500. The summed E-state index contributed by atoms with van der Waals surface area (Å²) in [5, 5.41) is 3.53. The predicted octanol–water partition coefficient (Wildman–Crippen LogP) is 2.79. The first-order valence-electron chi connectivity index (χ1n) is 5.29. The molecule has 2 nitrogen and oxygen atoms in total. The highest BCUT2D eigenvalue weighted by molar-refractivity contribution is 5.57. The highest BCUT2D eigenvalue weighted by atomic mass is 14.9. The Morgan fingerprint density at radius 2 is 2.07 bits per heavy atom. The second-order valence-electron chi connectivity index (χ2n) is 4.44. The number of hydrogen-bond donors (Lipinski definition) is 2. The molecular weight excluding hydrogens is 172 g/mol. The van der Waals surface area contributed by atoms with E-state index in [9.17, 15) is 0 Å². The Morgan fingerprint density at radius 1 is 1.29 bits per heavy atom. The van der Waals surface area contributed by atoms with Crippen molar-refractivity contribution in [1.29, 1.82) is 0 Å². The van der Waals surface area contributed by atoms with Crippen molar-refractivity contribution in [1.82, 2.24) is 0 Å². The van der Waals surface area contributed by atoms with Crippen molar-refractivity contribution >= 4 is 11.4 Å². The van der Waals surface area contributed by atoms with Crippen LogP contribution in [0.15, 0.2) is 18.2 Å². The maximum atomic E-state index is 5.79.